The van der Waals surface area contributed by atoms with Crippen molar-refractivity contribution in [2.45, 2.75) is 51.1 Å². The Morgan fingerprint density at radius 1 is 1.10 bits per heavy atom. The lowest BCUT2D eigenvalue weighted by Crippen LogP contribution is -2.32. The molecule has 5 heteroatoms. The van der Waals surface area contributed by atoms with Crippen LogP contribution in [0.1, 0.15) is 39.0 Å². The van der Waals surface area contributed by atoms with E-state index < -0.39 is 8.56 Å². The van der Waals surface area contributed by atoms with Gasteiger partial charge in [-0.3, -0.25) is 4.79 Å². The predicted octanol–water partition coefficient (Wildman–Crippen LogP) is 3.02. The van der Waals surface area contributed by atoms with E-state index in [9.17, 15) is 14.4 Å². The molecule has 0 saturated carbocycles. The van der Waals surface area contributed by atoms with Crippen molar-refractivity contribution in [3.63, 3.8) is 0 Å². The summed E-state index contributed by atoms with van der Waals surface area (Å²) in [5.74, 6) is 0.0396. The Hall–Kier alpha value is -1.17. The standard InChI is InChI=1S/C15H25NO3Si/c1-2-20(18,19)13-9-4-3-8-12-15(17)16-14-10-6-5-7-11-14/h5-7,10-11,18-19H,2-4,8-9,12-13H2,1H3,(H,16,17)/q-1. The molecule has 1 rings (SSSR count). The zero-order valence-corrected chi connectivity index (χ0v) is 13.1. The first kappa shape index (κ1) is 16.9. The molecule has 0 aliphatic carbocycles. The molecule has 1 aromatic rings. The van der Waals surface area contributed by atoms with E-state index in [0.717, 1.165) is 31.4 Å². The van der Waals surface area contributed by atoms with E-state index >= 15 is 0 Å². The molecule has 0 spiro atoms. The lowest BCUT2D eigenvalue weighted by Gasteiger charge is -2.28. The minimum absolute atomic E-state index is 0.0396. The van der Waals surface area contributed by atoms with Crippen LogP contribution in [0.25, 0.3) is 0 Å². The predicted molar refractivity (Wildman–Crippen MR) is 83.6 cm³/mol. The number of hydrogen-bond acceptors (Lipinski definition) is 3. The monoisotopic (exact) mass is 295 g/mol. The number of rotatable bonds is 9. The van der Waals surface area contributed by atoms with Crippen molar-refractivity contribution in [1.82, 2.24) is 0 Å². The SMILES string of the molecule is CC[Si-](O)(O)CCCCCCC(=O)Nc1ccccc1. The third kappa shape index (κ3) is 7.42. The quantitative estimate of drug-likeness (QED) is 0.484. The molecule has 3 N–H and O–H groups in total. The van der Waals surface area contributed by atoms with Gasteiger partial charge in [-0.05, 0) is 18.6 Å². The fourth-order valence-corrected chi connectivity index (χ4v) is 3.14. The number of para-hydroxylation sites is 1. The van der Waals surface area contributed by atoms with Gasteiger partial charge in [0, 0.05) is 12.1 Å². The summed E-state index contributed by atoms with van der Waals surface area (Å²) in [5, 5.41) is 2.85. The highest BCUT2D eigenvalue weighted by atomic mass is 28.4. The zero-order valence-electron chi connectivity index (χ0n) is 12.1. The molecule has 4 nitrogen and oxygen atoms in total. The number of anilines is 1. The van der Waals surface area contributed by atoms with Gasteiger partial charge in [0.25, 0.3) is 0 Å². The third-order valence-corrected chi connectivity index (χ3v) is 5.64. The Labute approximate surface area is 122 Å². The molecule has 0 fully saturated rings. The molecular weight excluding hydrogens is 270 g/mol. The molecular formula is C15H25NO3Si-. The van der Waals surface area contributed by atoms with Gasteiger partial charge in [-0.2, -0.15) is 0 Å². The second-order valence-electron chi connectivity index (χ2n) is 5.16. The van der Waals surface area contributed by atoms with E-state index in [1.54, 1.807) is 0 Å². The van der Waals surface area contributed by atoms with Crippen LogP contribution in [0, 0.1) is 0 Å². The highest BCUT2D eigenvalue weighted by molar-refractivity contribution is 6.64. The number of carbonyl (C=O) groups is 1. The minimum Gasteiger partial charge on any atom is -0.560 e. The lowest BCUT2D eigenvalue weighted by molar-refractivity contribution is -0.116. The number of benzene rings is 1. The van der Waals surface area contributed by atoms with Gasteiger partial charge in [-0.25, -0.2) is 0 Å². The number of nitrogens with one attached hydrogen (secondary N) is 1. The van der Waals surface area contributed by atoms with Gasteiger partial charge in [0.05, 0.1) is 0 Å². The van der Waals surface area contributed by atoms with E-state index in [2.05, 4.69) is 5.32 Å². The molecule has 0 unspecified atom stereocenters. The molecule has 0 aromatic heterocycles. The van der Waals surface area contributed by atoms with Crippen molar-refractivity contribution in [2.24, 2.45) is 0 Å². The second-order valence-corrected chi connectivity index (χ2v) is 8.34. The lowest BCUT2D eigenvalue weighted by atomic mass is 10.1. The van der Waals surface area contributed by atoms with Gasteiger partial charge < -0.3 is 14.9 Å². The molecule has 0 saturated heterocycles. The Morgan fingerprint density at radius 2 is 1.75 bits per heavy atom. The highest BCUT2D eigenvalue weighted by Gasteiger charge is 2.11. The van der Waals surface area contributed by atoms with Crippen molar-refractivity contribution in [3.05, 3.63) is 30.3 Å². The van der Waals surface area contributed by atoms with Gasteiger partial charge in [0.2, 0.25) is 5.91 Å². The summed E-state index contributed by atoms with van der Waals surface area (Å²) < 4.78 is 0. The minimum atomic E-state index is -2.89. The largest absolute Gasteiger partial charge is 0.560 e. The molecule has 0 heterocycles. The molecule has 0 aliphatic heterocycles. The summed E-state index contributed by atoms with van der Waals surface area (Å²) in [6, 6.07) is 10.5. The number of amides is 1. The van der Waals surface area contributed by atoms with Crippen LogP contribution < -0.4 is 5.32 Å². The molecule has 1 aromatic carbocycles. The van der Waals surface area contributed by atoms with E-state index in [1.165, 1.54) is 0 Å². The van der Waals surface area contributed by atoms with Gasteiger partial charge in [0.1, 0.15) is 8.56 Å². The summed E-state index contributed by atoms with van der Waals surface area (Å²) in [6.07, 6.45) is 4.11. The summed E-state index contributed by atoms with van der Waals surface area (Å²) in [5.41, 5.74) is 0.830. The first-order chi connectivity index (χ1) is 9.53. The Kier molecular flexibility index (Phi) is 7.50. The summed E-state index contributed by atoms with van der Waals surface area (Å²) in [7, 11) is -2.89. The topological polar surface area (TPSA) is 69.6 Å². The summed E-state index contributed by atoms with van der Waals surface area (Å²) in [6.45, 7) is 1.82. The fraction of sp³-hybridized carbons (Fsp3) is 0.533. The van der Waals surface area contributed by atoms with E-state index in [0.29, 0.717) is 18.5 Å². The van der Waals surface area contributed by atoms with E-state index in [1.807, 2.05) is 37.3 Å². The molecule has 113 valence electrons. The number of hydrogen-bond donors (Lipinski definition) is 3. The fourth-order valence-electron chi connectivity index (χ4n) is 1.97. The smallest absolute Gasteiger partial charge is 0.224 e. The molecule has 0 bridgehead atoms. The number of carbonyl (C=O) groups excluding carboxylic acids is 1. The normalized spacial score (nSPS) is 11.3. The summed E-state index contributed by atoms with van der Waals surface area (Å²) in [4.78, 5) is 30.8. The molecule has 20 heavy (non-hydrogen) atoms. The first-order valence-electron chi connectivity index (χ1n) is 7.33. The van der Waals surface area contributed by atoms with Crippen LogP contribution in [-0.2, 0) is 4.79 Å². The average molecular weight is 295 g/mol. The van der Waals surface area contributed by atoms with Crippen molar-refractivity contribution < 1.29 is 14.4 Å². The maximum absolute atomic E-state index is 11.7. The molecule has 0 radical (unpaired) electrons. The zero-order chi connectivity index (χ0) is 14.8. The van der Waals surface area contributed by atoms with Crippen LogP contribution in [0.15, 0.2) is 30.3 Å². The van der Waals surface area contributed by atoms with Crippen molar-refractivity contribution >= 4 is 20.2 Å². The third-order valence-electron chi connectivity index (χ3n) is 3.35. The Balaban J connectivity index is 2.05. The van der Waals surface area contributed by atoms with Crippen LogP contribution in [0.4, 0.5) is 5.69 Å². The second kappa shape index (κ2) is 8.89. The number of unbranched alkanes of at least 4 members (excludes halogenated alkanes) is 3. The Bertz CT molecular complexity index is 395. The summed E-state index contributed by atoms with van der Waals surface area (Å²) >= 11 is 0. The molecule has 0 atom stereocenters. The van der Waals surface area contributed by atoms with Crippen molar-refractivity contribution in [3.8, 4) is 0 Å². The van der Waals surface area contributed by atoms with Gasteiger partial charge >= 0.3 is 0 Å². The van der Waals surface area contributed by atoms with Crippen LogP contribution in [0.5, 0.6) is 0 Å². The van der Waals surface area contributed by atoms with Gasteiger partial charge in [-0.1, -0.05) is 44.4 Å². The van der Waals surface area contributed by atoms with E-state index in [4.69, 9.17) is 0 Å². The molecule has 1 amide bonds. The van der Waals surface area contributed by atoms with Gasteiger partial charge in [-0.15, -0.1) is 12.1 Å². The van der Waals surface area contributed by atoms with Crippen molar-refractivity contribution in [1.29, 1.82) is 0 Å². The van der Waals surface area contributed by atoms with Crippen LogP contribution >= 0.6 is 0 Å². The van der Waals surface area contributed by atoms with Crippen molar-refractivity contribution in [2.75, 3.05) is 5.32 Å². The van der Waals surface area contributed by atoms with E-state index in [-0.39, 0.29) is 5.91 Å². The highest BCUT2D eigenvalue weighted by Crippen LogP contribution is 2.14. The maximum Gasteiger partial charge on any atom is 0.224 e. The van der Waals surface area contributed by atoms with Crippen LogP contribution in [-0.4, -0.2) is 24.1 Å². The maximum atomic E-state index is 11.7. The molecule has 0 aliphatic rings. The Morgan fingerprint density at radius 3 is 2.40 bits per heavy atom. The first-order valence-corrected chi connectivity index (χ1v) is 9.64. The van der Waals surface area contributed by atoms with Gasteiger partial charge in [0.15, 0.2) is 0 Å². The van der Waals surface area contributed by atoms with Crippen LogP contribution in [0.2, 0.25) is 12.1 Å². The average Bonchev–Trinajstić information content (AvgIpc) is 2.44. The van der Waals surface area contributed by atoms with Crippen LogP contribution in [0.3, 0.4) is 0 Å².